The number of hydrogen-bond donors (Lipinski definition) is 2. The van der Waals surface area contributed by atoms with Crippen molar-refractivity contribution in [2.24, 2.45) is 11.8 Å². The number of amides is 1. The summed E-state index contributed by atoms with van der Waals surface area (Å²) in [6, 6.07) is 22.5. The van der Waals surface area contributed by atoms with Crippen molar-refractivity contribution in [1.82, 2.24) is 10.3 Å². The molecule has 2 aliphatic carbocycles. The van der Waals surface area contributed by atoms with Gasteiger partial charge < -0.3 is 15.2 Å². The molecule has 0 unspecified atom stereocenters. The Morgan fingerprint density at radius 2 is 1.77 bits per heavy atom. The van der Waals surface area contributed by atoms with Gasteiger partial charge in [0.15, 0.2) is 0 Å². The van der Waals surface area contributed by atoms with Crippen LogP contribution < -0.4 is 10.1 Å². The van der Waals surface area contributed by atoms with Gasteiger partial charge in [0.2, 0.25) is 0 Å². The van der Waals surface area contributed by atoms with E-state index in [4.69, 9.17) is 4.74 Å². The average molecular weight is 471 g/mol. The monoisotopic (exact) mass is 470 g/mol. The first-order valence-electron chi connectivity index (χ1n) is 12.6. The summed E-state index contributed by atoms with van der Waals surface area (Å²) >= 11 is 0. The summed E-state index contributed by atoms with van der Waals surface area (Å²) in [7, 11) is 0. The first-order valence-corrected chi connectivity index (χ1v) is 12.6. The molecule has 0 radical (unpaired) electrons. The minimum absolute atomic E-state index is 0.0233. The van der Waals surface area contributed by atoms with E-state index in [2.05, 4.69) is 46.7 Å². The van der Waals surface area contributed by atoms with E-state index in [1.54, 1.807) is 20.0 Å². The number of pyridine rings is 1. The van der Waals surface area contributed by atoms with E-state index in [1.165, 1.54) is 30.4 Å². The summed E-state index contributed by atoms with van der Waals surface area (Å²) in [5.41, 5.74) is 3.18. The van der Waals surface area contributed by atoms with Crippen LogP contribution in [0.5, 0.6) is 5.75 Å². The summed E-state index contributed by atoms with van der Waals surface area (Å²) in [5.74, 6) is 2.06. The zero-order valence-electron chi connectivity index (χ0n) is 20.5. The first-order chi connectivity index (χ1) is 16.8. The van der Waals surface area contributed by atoms with E-state index in [-0.39, 0.29) is 17.9 Å². The third-order valence-electron chi connectivity index (χ3n) is 7.67. The quantitative estimate of drug-likeness (QED) is 0.471. The summed E-state index contributed by atoms with van der Waals surface area (Å²) in [6.07, 6.45) is 6.76. The predicted octanol–water partition coefficient (Wildman–Crippen LogP) is 5.27. The molecule has 2 fully saturated rings. The van der Waals surface area contributed by atoms with Crippen molar-refractivity contribution in [3.05, 3.63) is 95.3 Å². The Labute approximate surface area is 207 Å². The standard InChI is InChI=1S/C30H34N2O3/c1-29(2,34)20-32-28(33)22-7-10-23(11-8-22)30(18-21-6-9-25(30)17-21)24-12-14-27(15-13-24)35-19-26-5-3-4-16-31-26/h3-5,7-8,10-16,21,25,34H,6,9,17-20H2,1-2H3,(H,32,33)/t21-,25+,30+/m1/s1. The zero-order chi connectivity index (χ0) is 24.5. The summed E-state index contributed by atoms with van der Waals surface area (Å²) in [5, 5.41) is 12.7. The SMILES string of the molecule is CC(C)(O)CNC(=O)c1ccc([C@]2(c3ccc(OCc4ccccn4)cc3)C[C@@H]3CC[C@H]2C3)cc1. The molecular formula is C30H34N2O3. The van der Waals surface area contributed by atoms with Crippen LogP contribution in [-0.4, -0.2) is 28.1 Å². The molecule has 5 heteroatoms. The molecule has 1 amide bonds. The van der Waals surface area contributed by atoms with Crippen LogP contribution in [0.25, 0.3) is 0 Å². The second-order valence-electron chi connectivity index (χ2n) is 10.8. The maximum atomic E-state index is 12.6. The van der Waals surface area contributed by atoms with Crippen LogP contribution in [0.2, 0.25) is 0 Å². The number of nitrogens with zero attached hydrogens (tertiary/aromatic N) is 1. The van der Waals surface area contributed by atoms with Crippen molar-refractivity contribution in [3.63, 3.8) is 0 Å². The number of rotatable bonds is 8. The second kappa shape index (κ2) is 9.46. The summed E-state index contributed by atoms with van der Waals surface area (Å²) in [4.78, 5) is 16.9. The number of benzene rings is 2. The normalized spacial score (nSPS) is 23.3. The van der Waals surface area contributed by atoms with Gasteiger partial charge in [0.05, 0.1) is 11.3 Å². The minimum atomic E-state index is -0.934. The molecule has 0 aliphatic heterocycles. The van der Waals surface area contributed by atoms with Crippen molar-refractivity contribution >= 4 is 5.91 Å². The van der Waals surface area contributed by atoms with E-state index in [0.29, 0.717) is 18.1 Å². The van der Waals surface area contributed by atoms with Gasteiger partial charge in [-0.2, -0.15) is 0 Å². The number of aromatic nitrogens is 1. The Bertz CT molecular complexity index is 1150. The molecule has 3 aromatic rings. The van der Waals surface area contributed by atoms with Crippen LogP contribution in [0.4, 0.5) is 0 Å². The van der Waals surface area contributed by atoms with Crippen LogP contribution in [0.1, 0.15) is 66.7 Å². The maximum Gasteiger partial charge on any atom is 0.251 e. The fraction of sp³-hybridized carbons (Fsp3) is 0.400. The number of carbonyl (C=O) groups excluding carboxylic acids is 1. The molecule has 2 aliphatic rings. The number of ether oxygens (including phenoxy) is 1. The van der Waals surface area contributed by atoms with Gasteiger partial charge in [0.25, 0.3) is 5.91 Å². The summed E-state index contributed by atoms with van der Waals surface area (Å²) < 4.78 is 5.97. The fourth-order valence-corrected chi connectivity index (χ4v) is 6.01. The van der Waals surface area contributed by atoms with Gasteiger partial charge in [-0.25, -0.2) is 0 Å². The molecule has 2 bridgehead atoms. The Balaban J connectivity index is 1.36. The van der Waals surface area contributed by atoms with Crippen molar-refractivity contribution in [3.8, 4) is 5.75 Å². The number of aliphatic hydroxyl groups is 1. The van der Waals surface area contributed by atoms with Crippen molar-refractivity contribution < 1.29 is 14.6 Å². The average Bonchev–Trinajstić information content (AvgIpc) is 3.49. The second-order valence-corrected chi connectivity index (χ2v) is 10.8. The molecule has 1 aromatic heterocycles. The Kier molecular flexibility index (Phi) is 6.37. The lowest BCUT2D eigenvalue weighted by atomic mass is 9.64. The van der Waals surface area contributed by atoms with Gasteiger partial charge in [-0.05, 0) is 92.5 Å². The van der Waals surface area contributed by atoms with E-state index in [9.17, 15) is 9.90 Å². The third-order valence-corrected chi connectivity index (χ3v) is 7.67. The highest BCUT2D eigenvalue weighted by atomic mass is 16.5. The molecule has 1 heterocycles. The van der Waals surface area contributed by atoms with Crippen LogP contribution in [0.3, 0.4) is 0 Å². The van der Waals surface area contributed by atoms with E-state index in [1.807, 2.05) is 30.3 Å². The van der Waals surface area contributed by atoms with Gasteiger partial charge in [-0.15, -0.1) is 0 Å². The molecule has 35 heavy (non-hydrogen) atoms. The molecule has 3 atom stereocenters. The zero-order valence-corrected chi connectivity index (χ0v) is 20.5. The van der Waals surface area contributed by atoms with Crippen molar-refractivity contribution in [2.45, 2.75) is 57.2 Å². The molecular weight excluding hydrogens is 436 g/mol. The molecule has 2 aromatic carbocycles. The lowest BCUT2D eigenvalue weighted by molar-refractivity contribution is 0.0694. The lowest BCUT2D eigenvalue weighted by Gasteiger charge is -2.39. The molecule has 2 N–H and O–H groups in total. The van der Waals surface area contributed by atoms with Gasteiger partial charge in [-0.1, -0.05) is 36.8 Å². The molecule has 0 saturated heterocycles. The highest BCUT2D eigenvalue weighted by Gasteiger charge is 2.52. The number of carbonyl (C=O) groups is 1. The molecule has 5 rings (SSSR count). The van der Waals surface area contributed by atoms with Crippen LogP contribution in [-0.2, 0) is 12.0 Å². The van der Waals surface area contributed by atoms with Crippen LogP contribution in [0.15, 0.2) is 72.9 Å². The predicted molar refractivity (Wildman–Crippen MR) is 136 cm³/mol. The lowest BCUT2D eigenvalue weighted by Crippen LogP contribution is -2.38. The summed E-state index contributed by atoms with van der Waals surface area (Å²) in [6.45, 7) is 4.04. The van der Waals surface area contributed by atoms with Crippen LogP contribution in [0, 0.1) is 11.8 Å². The molecule has 2 saturated carbocycles. The number of fused-ring (bicyclic) bond motifs is 2. The van der Waals surface area contributed by atoms with Crippen molar-refractivity contribution in [1.29, 1.82) is 0 Å². The molecule has 182 valence electrons. The highest BCUT2D eigenvalue weighted by molar-refractivity contribution is 5.94. The van der Waals surface area contributed by atoms with E-state index in [0.717, 1.165) is 23.8 Å². The maximum absolute atomic E-state index is 12.6. The van der Waals surface area contributed by atoms with Crippen LogP contribution >= 0.6 is 0 Å². The van der Waals surface area contributed by atoms with E-state index >= 15 is 0 Å². The largest absolute Gasteiger partial charge is 0.487 e. The fourth-order valence-electron chi connectivity index (χ4n) is 6.01. The van der Waals surface area contributed by atoms with Gasteiger partial charge >= 0.3 is 0 Å². The van der Waals surface area contributed by atoms with Crippen molar-refractivity contribution in [2.75, 3.05) is 6.54 Å². The van der Waals surface area contributed by atoms with Gasteiger partial charge in [0.1, 0.15) is 12.4 Å². The number of hydrogen-bond acceptors (Lipinski definition) is 4. The highest BCUT2D eigenvalue weighted by Crippen LogP contribution is 2.60. The number of nitrogens with one attached hydrogen (secondary N) is 1. The Morgan fingerprint density at radius 3 is 2.34 bits per heavy atom. The molecule has 5 nitrogen and oxygen atoms in total. The van der Waals surface area contributed by atoms with Gasteiger partial charge in [0, 0.05) is 23.7 Å². The third kappa shape index (κ3) is 4.96. The Morgan fingerprint density at radius 1 is 1.06 bits per heavy atom. The van der Waals surface area contributed by atoms with E-state index < -0.39 is 5.60 Å². The smallest absolute Gasteiger partial charge is 0.251 e. The first kappa shape index (κ1) is 23.6. The topological polar surface area (TPSA) is 71.5 Å². The Hall–Kier alpha value is -3.18. The molecule has 0 spiro atoms. The van der Waals surface area contributed by atoms with Gasteiger partial charge in [-0.3, -0.25) is 9.78 Å². The minimum Gasteiger partial charge on any atom is -0.487 e.